The van der Waals surface area contributed by atoms with Gasteiger partial charge in [0, 0.05) is 29.1 Å². The highest BCUT2D eigenvalue weighted by Crippen LogP contribution is 2.78. The highest BCUT2D eigenvalue weighted by Gasteiger charge is 2.78. The average molecular weight is 497 g/mol. The lowest BCUT2D eigenvalue weighted by Gasteiger charge is -2.47. The number of aliphatic hydroxyl groups is 2. The Balaban J connectivity index is 1.47. The number of fused-ring (bicyclic) bond motifs is 7. The van der Waals surface area contributed by atoms with Crippen LogP contribution < -0.4 is 0 Å². The molecule has 2 saturated heterocycles. The first-order valence-corrected chi connectivity index (χ1v) is 14.1. The number of esters is 2. The maximum absolute atomic E-state index is 13.0. The average Bonchev–Trinajstić information content (AvgIpc) is 3.49. The van der Waals surface area contributed by atoms with Gasteiger partial charge in [0.05, 0.1) is 23.0 Å². The van der Waals surface area contributed by atoms with Crippen molar-refractivity contribution in [3.8, 4) is 0 Å². The van der Waals surface area contributed by atoms with Crippen LogP contribution >= 0.6 is 0 Å². The summed E-state index contributed by atoms with van der Waals surface area (Å²) in [6.45, 7) is 12.2. The summed E-state index contributed by atoms with van der Waals surface area (Å²) in [6, 6.07) is 0. The molecule has 0 amide bonds. The van der Waals surface area contributed by atoms with Crippen molar-refractivity contribution in [1.82, 2.24) is 0 Å². The Bertz CT molecular complexity index is 1130. The van der Waals surface area contributed by atoms with E-state index in [9.17, 15) is 19.8 Å². The fourth-order valence-corrected chi connectivity index (χ4v) is 11.0. The zero-order valence-electron chi connectivity index (χ0n) is 22.3. The highest BCUT2D eigenvalue weighted by atomic mass is 16.6. The smallest absolute Gasteiger partial charge is 0.309 e. The zero-order valence-corrected chi connectivity index (χ0v) is 22.3. The molecule has 2 heterocycles. The second kappa shape index (κ2) is 6.85. The Morgan fingerprint density at radius 3 is 2.22 bits per heavy atom. The van der Waals surface area contributed by atoms with Gasteiger partial charge in [0.2, 0.25) is 0 Å². The van der Waals surface area contributed by atoms with Crippen LogP contribution in [-0.2, 0) is 19.1 Å². The zero-order chi connectivity index (χ0) is 25.7. The fourth-order valence-electron chi connectivity index (χ4n) is 11.0. The summed E-state index contributed by atoms with van der Waals surface area (Å²) in [6.07, 6.45) is 4.59. The van der Waals surface area contributed by atoms with E-state index in [4.69, 9.17) is 9.47 Å². The van der Waals surface area contributed by atoms with E-state index >= 15 is 0 Å². The van der Waals surface area contributed by atoms with Gasteiger partial charge in [-0.1, -0.05) is 31.1 Å². The number of rotatable bonds is 0. The molecular formula is C30H40O6. The Kier molecular flexibility index (Phi) is 4.46. The van der Waals surface area contributed by atoms with E-state index in [1.807, 2.05) is 27.7 Å². The first-order chi connectivity index (χ1) is 16.8. The Morgan fingerprint density at radius 2 is 1.50 bits per heavy atom. The van der Waals surface area contributed by atoms with Gasteiger partial charge in [-0.2, -0.15) is 0 Å². The maximum atomic E-state index is 13.0. The molecule has 0 aromatic carbocycles. The van der Waals surface area contributed by atoms with E-state index in [2.05, 4.69) is 19.9 Å². The standard InChI is InChI=1S/C30H40O6/c1-12-11-18-20-21(30(12)24(18)29(6,34)10-8-17-14(3)27(32)36-25(17)30)15(4)19-22(20)28(5,33)9-7-16-13(2)26(31)35-23(16)19/h11,13-14,16-18,20-25,33-34H,7-10H2,1-6H3/t13-,14-,16-,17-,18+,20-,21-,22?,23-,24-,25-,28-,29-,30+/m0/s1. The van der Waals surface area contributed by atoms with Crippen LogP contribution in [0, 0.1) is 58.7 Å². The largest absolute Gasteiger partial charge is 0.461 e. The minimum Gasteiger partial charge on any atom is -0.461 e. The normalized spacial score (nSPS) is 58.8. The molecule has 0 aromatic heterocycles. The molecule has 0 aromatic rings. The molecule has 3 saturated carbocycles. The summed E-state index contributed by atoms with van der Waals surface area (Å²) in [4.78, 5) is 25.7. The number of ether oxygens (including phenoxy) is 2. The summed E-state index contributed by atoms with van der Waals surface area (Å²) < 4.78 is 12.4. The molecule has 196 valence electrons. The van der Waals surface area contributed by atoms with Gasteiger partial charge >= 0.3 is 11.9 Å². The van der Waals surface area contributed by atoms with Crippen LogP contribution in [0.3, 0.4) is 0 Å². The lowest BCUT2D eigenvalue weighted by atomic mass is 9.58. The molecular weight excluding hydrogens is 456 g/mol. The third-order valence-electron chi connectivity index (χ3n) is 12.4. The second-order valence-corrected chi connectivity index (χ2v) is 13.9. The minimum absolute atomic E-state index is 0.0486. The molecule has 6 nitrogen and oxygen atoms in total. The number of hydrogen-bond acceptors (Lipinski definition) is 6. The van der Waals surface area contributed by atoms with Crippen molar-refractivity contribution in [2.24, 2.45) is 58.7 Å². The van der Waals surface area contributed by atoms with Crippen molar-refractivity contribution >= 4 is 11.9 Å². The fraction of sp³-hybridized carbons (Fsp3) is 0.800. The van der Waals surface area contributed by atoms with E-state index in [1.54, 1.807) is 0 Å². The van der Waals surface area contributed by atoms with Crippen molar-refractivity contribution < 1.29 is 29.3 Å². The van der Waals surface area contributed by atoms with Gasteiger partial charge in [-0.3, -0.25) is 9.59 Å². The molecule has 5 aliphatic carbocycles. The summed E-state index contributed by atoms with van der Waals surface area (Å²) in [5.41, 5.74) is 1.23. The van der Waals surface area contributed by atoms with Gasteiger partial charge in [0.1, 0.15) is 12.2 Å². The Labute approximate surface area is 213 Å². The molecule has 1 unspecified atom stereocenters. The highest BCUT2D eigenvalue weighted by molar-refractivity contribution is 5.76. The van der Waals surface area contributed by atoms with Crippen molar-refractivity contribution in [2.75, 3.05) is 0 Å². The van der Waals surface area contributed by atoms with Crippen molar-refractivity contribution in [2.45, 2.75) is 90.6 Å². The number of allylic oxidation sites excluding steroid dienone is 2. The lowest BCUT2D eigenvalue weighted by Crippen LogP contribution is -2.51. The lowest BCUT2D eigenvalue weighted by molar-refractivity contribution is -0.153. The van der Waals surface area contributed by atoms with Crippen molar-refractivity contribution in [1.29, 1.82) is 0 Å². The van der Waals surface area contributed by atoms with Crippen LogP contribution in [0.1, 0.15) is 67.2 Å². The van der Waals surface area contributed by atoms with Crippen LogP contribution in [0.15, 0.2) is 22.8 Å². The van der Waals surface area contributed by atoms with Gasteiger partial charge < -0.3 is 19.7 Å². The van der Waals surface area contributed by atoms with Gasteiger partial charge in [0.25, 0.3) is 0 Å². The molecule has 2 N–H and O–H groups in total. The molecule has 14 atom stereocenters. The van der Waals surface area contributed by atoms with Gasteiger partial charge in [-0.15, -0.1) is 0 Å². The topological polar surface area (TPSA) is 93.1 Å². The van der Waals surface area contributed by atoms with Crippen LogP contribution in [0.25, 0.3) is 0 Å². The van der Waals surface area contributed by atoms with Gasteiger partial charge in [-0.05, 0) is 76.7 Å². The Morgan fingerprint density at radius 1 is 0.889 bits per heavy atom. The summed E-state index contributed by atoms with van der Waals surface area (Å²) >= 11 is 0. The third-order valence-corrected chi connectivity index (χ3v) is 12.4. The van der Waals surface area contributed by atoms with Crippen molar-refractivity contribution in [3.63, 3.8) is 0 Å². The van der Waals surface area contributed by atoms with E-state index in [1.165, 1.54) is 11.1 Å². The minimum atomic E-state index is -0.931. The molecule has 2 bridgehead atoms. The van der Waals surface area contributed by atoms with Gasteiger partial charge in [0.15, 0.2) is 0 Å². The van der Waals surface area contributed by atoms with E-state index in [0.29, 0.717) is 12.8 Å². The molecule has 0 radical (unpaired) electrons. The number of carbonyl (C=O) groups excluding carboxylic acids is 2. The SMILES string of the molecule is CC1=C[C@@H]2[C@@H]3C4C(=C(C)[C@@H]3[C@@]13[C@@H]2[C@@](C)(O)CC[C@H]1[C@H](C)C(=O)O[C@@H]13)[C@H]1OC(=O)[C@@H](C)[C@@H]1CC[C@]4(C)O. The quantitative estimate of drug-likeness (QED) is 0.391. The van der Waals surface area contributed by atoms with E-state index in [0.717, 1.165) is 18.4 Å². The summed E-state index contributed by atoms with van der Waals surface area (Å²) in [5, 5.41) is 24.1. The molecule has 0 spiro atoms. The van der Waals surface area contributed by atoms with Crippen LogP contribution in [0.2, 0.25) is 0 Å². The predicted octanol–water partition coefficient (Wildman–Crippen LogP) is 3.80. The van der Waals surface area contributed by atoms with Crippen LogP contribution in [0.5, 0.6) is 0 Å². The van der Waals surface area contributed by atoms with Gasteiger partial charge in [-0.25, -0.2) is 0 Å². The number of hydrogen-bond donors (Lipinski definition) is 2. The van der Waals surface area contributed by atoms with E-state index in [-0.39, 0.29) is 77.4 Å². The first kappa shape index (κ1) is 23.5. The van der Waals surface area contributed by atoms with Crippen LogP contribution in [-0.4, -0.2) is 45.6 Å². The summed E-state index contributed by atoms with van der Waals surface area (Å²) in [7, 11) is 0. The molecule has 5 fully saturated rings. The van der Waals surface area contributed by atoms with Crippen molar-refractivity contribution in [3.05, 3.63) is 22.8 Å². The third kappa shape index (κ3) is 2.43. The monoisotopic (exact) mass is 496 g/mol. The molecule has 7 rings (SSSR count). The molecule has 36 heavy (non-hydrogen) atoms. The summed E-state index contributed by atoms with van der Waals surface area (Å²) in [5.74, 6) is -0.460. The molecule has 2 aliphatic heterocycles. The molecule has 7 aliphatic rings. The first-order valence-electron chi connectivity index (χ1n) is 14.1. The Hall–Kier alpha value is -1.66. The van der Waals surface area contributed by atoms with Crippen LogP contribution in [0.4, 0.5) is 0 Å². The maximum Gasteiger partial charge on any atom is 0.309 e. The number of carbonyl (C=O) groups is 2. The van der Waals surface area contributed by atoms with E-state index < -0.39 is 16.6 Å². The second-order valence-electron chi connectivity index (χ2n) is 13.9. The predicted molar refractivity (Wildman–Crippen MR) is 131 cm³/mol. The molecule has 6 heteroatoms.